The summed E-state index contributed by atoms with van der Waals surface area (Å²) in [5.41, 5.74) is 1.84. The molecule has 2 N–H and O–H groups in total. The summed E-state index contributed by atoms with van der Waals surface area (Å²) in [7, 11) is -3.14. The molecule has 0 spiro atoms. The Morgan fingerprint density at radius 3 is 2.86 bits per heavy atom. The van der Waals surface area contributed by atoms with Crippen molar-refractivity contribution in [1.29, 1.82) is 0 Å². The molecule has 0 unspecified atom stereocenters. The molecule has 0 bridgehead atoms. The average molecular weight is 329 g/mol. The minimum absolute atomic E-state index is 0.387. The third-order valence-electron chi connectivity index (χ3n) is 2.99. The van der Waals surface area contributed by atoms with Crippen LogP contribution < -0.4 is 9.46 Å². The van der Waals surface area contributed by atoms with E-state index in [1.165, 1.54) is 0 Å². The van der Waals surface area contributed by atoms with Gasteiger partial charge in [-0.2, -0.15) is 0 Å². The molecule has 0 aliphatic rings. The fourth-order valence-electron chi connectivity index (χ4n) is 2.15. The second-order valence-corrected chi connectivity index (χ2v) is 6.90. The van der Waals surface area contributed by atoms with Gasteiger partial charge < -0.3 is 14.3 Å². The lowest BCUT2D eigenvalue weighted by Gasteiger charge is -2.07. The number of nitrogens with zero attached hydrogens (tertiary/aromatic N) is 1. The van der Waals surface area contributed by atoms with Crippen LogP contribution in [0.1, 0.15) is 13.3 Å². The Labute approximate surface area is 129 Å². The fourth-order valence-corrected chi connectivity index (χ4v) is 2.95. The van der Waals surface area contributed by atoms with E-state index >= 15 is 0 Å². The highest BCUT2D eigenvalue weighted by Gasteiger charge is 2.09. The zero-order chi connectivity index (χ0) is 15.5. The Balaban J connectivity index is 2.18. The predicted molar refractivity (Wildman–Crippen MR) is 85.8 cm³/mol. The van der Waals surface area contributed by atoms with Gasteiger partial charge in [-0.05, 0) is 37.7 Å². The van der Waals surface area contributed by atoms with Crippen molar-refractivity contribution in [2.24, 2.45) is 0 Å². The van der Waals surface area contributed by atoms with Crippen molar-refractivity contribution >= 4 is 33.3 Å². The number of imidazole rings is 1. The first-order valence-corrected chi connectivity index (χ1v) is 9.01. The summed E-state index contributed by atoms with van der Waals surface area (Å²) < 4.78 is 32.7. The molecule has 0 saturated carbocycles. The minimum atomic E-state index is -3.14. The molecule has 0 amide bonds. The standard InChI is InChI=1S/C13H19N3O3S2/c1-3-19-11-7-4-6-10-12(11)15-13(20)16(10)9-5-8-14-21(2,17)18/h4,6-7,14H,3,5,8-9H2,1-2H3,(H,15,20). The normalized spacial score (nSPS) is 11.9. The van der Waals surface area contributed by atoms with Crippen molar-refractivity contribution < 1.29 is 13.2 Å². The number of hydrogen-bond acceptors (Lipinski definition) is 4. The van der Waals surface area contributed by atoms with Crippen LogP contribution in [0.3, 0.4) is 0 Å². The molecule has 0 aliphatic heterocycles. The molecule has 0 fully saturated rings. The van der Waals surface area contributed by atoms with Gasteiger partial charge in [0.1, 0.15) is 11.3 Å². The number of ether oxygens (including phenoxy) is 1. The van der Waals surface area contributed by atoms with E-state index < -0.39 is 10.0 Å². The minimum Gasteiger partial charge on any atom is -0.492 e. The highest BCUT2D eigenvalue weighted by atomic mass is 32.2. The van der Waals surface area contributed by atoms with Crippen LogP contribution in [0.4, 0.5) is 0 Å². The maximum Gasteiger partial charge on any atom is 0.208 e. The molecule has 0 saturated heterocycles. The lowest BCUT2D eigenvalue weighted by atomic mass is 10.3. The number of fused-ring (bicyclic) bond motifs is 1. The van der Waals surface area contributed by atoms with Crippen LogP contribution in [0, 0.1) is 4.77 Å². The van der Waals surface area contributed by atoms with Gasteiger partial charge in [0.2, 0.25) is 10.0 Å². The number of para-hydroxylation sites is 1. The number of nitrogens with one attached hydrogen (secondary N) is 2. The zero-order valence-corrected chi connectivity index (χ0v) is 13.7. The van der Waals surface area contributed by atoms with Crippen molar-refractivity contribution in [3.8, 4) is 5.75 Å². The number of sulfonamides is 1. The molecule has 1 aromatic carbocycles. The van der Waals surface area contributed by atoms with Crippen molar-refractivity contribution in [3.63, 3.8) is 0 Å². The Hall–Kier alpha value is -1.38. The zero-order valence-electron chi connectivity index (χ0n) is 12.0. The molecule has 0 radical (unpaired) electrons. The second kappa shape index (κ2) is 6.59. The number of aromatic amines is 1. The Kier molecular flexibility index (Phi) is 5.02. The number of aromatic nitrogens is 2. The number of hydrogen-bond donors (Lipinski definition) is 2. The maximum absolute atomic E-state index is 11.0. The Bertz CT molecular complexity index is 778. The van der Waals surface area contributed by atoms with Crippen LogP contribution in [0.15, 0.2) is 18.2 Å². The summed E-state index contributed by atoms with van der Waals surface area (Å²) in [6.07, 6.45) is 1.81. The van der Waals surface area contributed by atoms with Gasteiger partial charge in [0.05, 0.1) is 18.4 Å². The molecule has 8 heteroatoms. The smallest absolute Gasteiger partial charge is 0.208 e. The van der Waals surface area contributed by atoms with Gasteiger partial charge in [-0.25, -0.2) is 13.1 Å². The van der Waals surface area contributed by atoms with Gasteiger partial charge in [-0.15, -0.1) is 0 Å². The SMILES string of the molecule is CCOc1cccc2c1[nH]c(=S)n2CCCNS(C)(=O)=O. The van der Waals surface area contributed by atoms with Gasteiger partial charge in [0.15, 0.2) is 4.77 Å². The summed E-state index contributed by atoms with van der Waals surface area (Å²) in [5.74, 6) is 0.772. The van der Waals surface area contributed by atoms with Crippen molar-refractivity contribution in [2.45, 2.75) is 19.9 Å². The monoisotopic (exact) mass is 329 g/mol. The summed E-state index contributed by atoms with van der Waals surface area (Å²) in [6, 6.07) is 5.78. The maximum atomic E-state index is 11.0. The van der Waals surface area contributed by atoms with Gasteiger partial charge in [0.25, 0.3) is 0 Å². The van der Waals surface area contributed by atoms with E-state index in [9.17, 15) is 8.42 Å². The van der Waals surface area contributed by atoms with Gasteiger partial charge >= 0.3 is 0 Å². The quantitative estimate of drug-likeness (QED) is 0.602. The lowest BCUT2D eigenvalue weighted by molar-refractivity contribution is 0.343. The van der Waals surface area contributed by atoms with Crippen LogP contribution in [0.2, 0.25) is 0 Å². The van der Waals surface area contributed by atoms with Crippen LogP contribution in [0.5, 0.6) is 5.75 Å². The fraction of sp³-hybridized carbons (Fsp3) is 0.462. The van der Waals surface area contributed by atoms with Crippen LogP contribution in [0.25, 0.3) is 11.0 Å². The molecule has 116 valence electrons. The summed E-state index contributed by atoms with van der Waals surface area (Å²) in [5, 5.41) is 0. The highest BCUT2D eigenvalue weighted by Crippen LogP contribution is 2.25. The van der Waals surface area contributed by atoms with E-state index in [4.69, 9.17) is 17.0 Å². The first kappa shape index (κ1) is 16.0. The number of benzene rings is 1. The predicted octanol–water partition coefficient (Wildman–Crippen LogP) is 2.04. The topological polar surface area (TPSA) is 76.1 Å². The largest absolute Gasteiger partial charge is 0.492 e. The Morgan fingerprint density at radius 2 is 2.19 bits per heavy atom. The van der Waals surface area contributed by atoms with Crippen molar-refractivity contribution in [3.05, 3.63) is 23.0 Å². The molecule has 2 aromatic rings. The first-order chi connectivity index (χ1) is 9.92. The molecule has 21 heavy (non-hydrogen) atoms. The molecule has 6 nitrogen and oxygen atoms in total. The molecule has 0 atom stereocenters. The molecule has 0 aliphatic carbocycles. The summed E-state index contributed by atoms with van der Waals surface area (Å²) in [6.45, 7) is 3.54. The molecular formula is C13H19N3O3S2. The van der Waals surface area contributed by atoms with Crippen LogP contribution in [-0.2, 0) is 16.6 Å². The van der Waals surface area contributed by atoms with E-state index in [2.05, 4.69) is 9.71 Å². The number of H-pyrrole nitrogens is 1. The van der Waals surface area contributed by atoms with Gasteiger partial charge in [0, 0.05) is 13.1 Å². The van der Waals surface area contributed by atoms with E-state index in [0.29, 0.717) is 30.9 Å². The third kappa shape index (κ3) is 4.05. The second-order valence-electron chi connectivity index (χ2n) is 4.69. The first-order valence-electron chi connectivity index (χ1n) is 6.71. The average Bonchev–Trinajstić information content (AvgIpc) is 2.71. The Morgan fingerprint density at radius 1 is 1.43 bits per heavy atom. The molecular weight excluding hydrogens is 310 g/mol. The number of aryl methyl sites for hydroxylation is 1. The van der Waals surface area contributed by atoms with E-state index in [1.54, 1.807) is 0 Å². The van der Waals surface area contributed by atoms with Gasteiger partial charge in [-0.3, -0.25) is 0 Å². The van der Waals surface area contributed by atoms with E-state index in [0.717, 1.165) is 23.0 Å². The van der Waals surface area contributed by atoms with E-state index in [1.807, 2.05) is 29.7 Å². The van der Waals surface area contributed by atoms with Gasteiger partial charge in [-0.1, -0.05) is 6.07 Å². The highest BCUT2D eigenvalue weighted by molar-refractivity contribution is 7.88. The third-order valence-corrected chi connectivity index (χ3v) is 4.05. The van der Waals surface area contributed by atoms with Crippen molar-refractivity contribution in [1.82, 2.24) is 14.3 Å². The van der Waals surface area contributed by atoms with E-state index in [-0.39, 0.29) is 0 Å². The van der Waals surface area contributed by atoms with Crippen molar-refractivity contribution in [2.75, 3.05) is 19.4 Å². The lowest BCUT2D eigenvalue weighted by Crippen LogP contribution is -2.23. The van der Waals surface area contributed by atoms with Crippen LogP contribution >= 0.6 is 12.2 Å². The number of rotatable bonds is 7. The summed E-state index contributed by atoms with van der Waals surface area (Å²) >= 11 is 5.33. The van der Waals surface area contributed by atoms with Crippen LogP contribution in [-0.4, -0.2) is 37.4 Å². The molecule has 2 rings (SSSR count). The molecule has 1 heterocycles. The summed E-state index contributed by atoms with van der Waals surface area (Å²) in [4.78, 5) is 3.15. The molecule has 1 aromatic heterocycles.